The molecule has 1 N–H and O–H groups in total. The van der Waals surface area contributed by atoms with Crippen molar-refractivity contribution in [3.63, 3.8) is 0 Å². The van der Waals surface area contributed by atoms with Crippen molar-refractivity contribution in [3.05, 3.63) is 34.9 Å². The first-order valence-corrected chi connectivity index (χ1v) is 6.95. The lowest BCUT2D eigenvalue weighted by atomic mass is 10.1. The Morgan fingerprint density at radius 1 is 1.43 bits per heavy atom. The highest BCUT2D eigenvalue weighted by atomic mass is 35.5. The van der Waals surface area contributed by atoms with Gasteiger partial charge in [-0.05, 0) is 38.5 Å². The fraction of sp³-hybridized carbons (Fsp3) is 0.438. The van der Waals surface area contributed by atoms with Gasteiger partial charge < -0.3 is 9.84 Å². The lowest BCUT2D eigenvalue weighted by Crippen LogP contribution is -2.40. The van der Waals surface area contributed by atoms with Gasteiger partial charge in [0, 0.05) is 5.02 Å². The third-order valence-electron chi connectivity index (χ3n) is 2.69. The van der Waals surface area contributed by atoms with Crippen LogP contribution in [0.1, 0.15) is 32.4 Å². The van der Waals surface area contributed by atoms with E-state index in [1.165, 1.54) is 4.90 Å². The van der Waals surface area contributed by atoms with Crippen molar-refractivity contribution >= 4 is 17.7 Å². The highest BCUT2D eigenvalue weighted by Crippen LogP contribution is 2.24. The minimum absolute atomic E-state index is 0.0444. The first-order chi connectivity index (χ1) is 9.78. The van der Waals surface area contributed by atoms with Gasteiger partial charge in [-0.25, -0.2) is 4.79 Å². The van der Waals surface area contributed by atoms with E-state index in [4.69, 9.17) is 22.8 Å². The molecule has 1 atom stereocenters. The van der Waals surface area contributed by atoms with E-state index in [1.54, 1.807) is 45.0 Å². The predicted octanol–water partition coefficient (Wildman–Crippen LogP) is 3.24. The normalized spacial score (nSPS) is 12.4. The van der Waals surface area contributed by atoms with Gasteiger partial charge in [0.1, 0.15) is 5.60 Å². The summed E-state index contributed by atoms with van der Waals surface area (Å²) in [5.74, 6) is 2.42. The molecule has 0 radical (unpaired) electrons. The number of terminal acetylenes is 1. The highest BCUT2D eigenvalue weighted by molar-refractivity contribution is 6.30. The Morgan fingerprint density at radius 2 is 2.00 bits per heavy atom. The second-order valence-electron chi connectivity index (χ2n) is 5.56. The molecule has 5 heteroatoms. The Labute approximate surface area is 130 Å². The zero-order valence-electron chi connectivity index (χ0n) is 12.5. The Morgan fingerprint density at radius 3 is 2.43 bits per heavy atom. The largest absolute Gasteiger partial charge is 0.444 e. The molecule has 0 heterocycles. The van der Waals surface area contributed by atoms with Gasteiger partial charge in [-0.15, -0.1) is 6.42 Å². The number of halogens is 1. The van der Waals surface area contributed by atoms with E-state index >= 15 is 0 Å². The van der Waals surface area contributed by atoms with Crippen LogP contribution in [0.3, 0.4) is 0 Å². The number of carbonyl (C=O) groups excluding carboxylic acids is 1. The summed E-state index contributed by atoms with van der Waals surface area (Å²) < 4.78 is 5.33. The lowest BCUT2D eigenvalue weighted by molar-refractivity contribution is 0.0125. The number of amides is 1. The van der Waals surface area contributed by atoms with Crippen molar-refractivity contribution in [2.45, 2.75) is 32.4 Å². The van der Waals surface area contributed by atoms with Crippen LogP contribution < -0.4 is 0 Å². The van der Waals surface area contributed by atoms with E-state index in [0.717, 1.165) is 5.56 Å². The van der Waals surface area contributed by atoms with E-state index in [1.807, 2.05) is 0 Å². The number of benzene rings is 1. The van der Waals surface area contributed by atoms with E-state index in [-0.39, 0.29) is 13.2 Å². The predicted molar refractivity (Wildman–Crippen MR) is 83.1 cm³/mol. The molecule has 1 rings (SSSR count). The number of hydrogen-bond donors (Lipinski definition) is 1. The van der Waals surface area contributed by atoms with Crippen molar-refractivity contribution in [1.82, 2.24) is 4.90 Å². The second kappa shape index (κ2) is 7.35. The number of carbonyl (C=O) groups is 1. The first kappa shape index (κ1) is 17.4. The number of hydrogen-bond acceptors (Lipinski definition) is 3. The SMILES string of the molecule is C#CCN(C(=O)OC(C)(C)C)C(CO)c1ccc(Cl)cc1. The molecule has 0 aromatic heterocycles. The number of aliphatic hydroxyl groups is 1. The maximum Gasteiger partial charge on any atom is 0.411 e. The number of nitrogens with zero attached hydrogens (tertiary/aromatic N) is 1. The minimum Gasteiger partial charge on any atom is -0.444 e. The van der Waals surface area contributed by atoms with Crippen molar-refractivity contribution in [1.29, 1.82) is 0 Å². The molecule has 1 amide bonds. The molecule has 0 saturated carbocycles. The summed E-state index contributed by atoms with van der Waals surface area (Å²) in [6.07, 6.45) is 4.76. The maximum atomic E-state index is 12.3. The van der Waals surface area contributed by atoms with E-state index in [9.17, 15) is 9.90 Å². The zero-order valence-corrected chi connectivity index (χ0v) is 13.2. The van der Waals surface area contributed by atoms with Crippen LogP contribution >= 0.6 is 11.6 Å². The third-order valence-corrected chi connectivity index (χ3v) is 2.95. The van der Waals surface area contributed by atoms with Gasteiger partial charge in [0.25, 0.3) is 0 Å². The molecular formula is C16H20ClNO3. The molecule has 0 aliphatic rings. The molecule has 4 nitrogen and oxygen atoms in total. The molecule has 1 aromatic carbocycles. The summed E-state index contributed by atoms with van der Waals surface area (Å²) in [4.78, 5) is 13.6. The molecule has 1 aromatic rings. The summed E-state index contributed by atoms with van der Waals surface area (Å²) in [6, 6.07) is 6.31. The van der Waals surface area contributed by atoms with Gasteiger partial charge in [0.2, 0.25) is 0 Å². The summed E-state index contributed by atoms with van der Waals surface area (Å²) in [7, 11) is 0. The van der Waals surface area contributed by atoms with Crippen molar-refractivity contribution in [2.75, 3.05) is 13.2 Å². The monoisotopic (exact) mass is 309 g/mol. The zero-order chi connectivity index (χ0) is 16.0. The van der Waals surface area contributed by atoms with E-state index in [2.05, 4.69) is 5.92 Å². The van der Waals surface area contributed by atoms with Crippen LogP contribution in [0.5, 0.6) is 0 Å². The van der Waals surface area contributed by atoms with Crippen LogP contribution in [0.4, 0.5) is 4.79 Å². The van der Waals surface area contributed by atoms with Gasteiger partial charge in [-0.1, -0.05) is 29.7 Å². The smallest absolute Gasteiger partial charge is 0.411 e. The Kier molecular flexibility index (Phi) is 6.07. The molecule has 0 aliphatic carbocycles. The fourth-order valence-corrected chi connectivity index (χ4v) is 1.92. The maximum absolute atomic E-state index is 12.3. The fourth-order valence-electron chi connectivity index (χ4n) is 1.79. The summed E-state index contributed by atoms with van der Waals surface area (Å²) in [5.41, 5.74) is 0.104. The van der Waals surface area contributed by atoms with E-state index in [0.29, 0.717) is 5.02 Å². The van der Waals surface area contributed by atoms with Crippen molar-refractivity contribution < 1.29 is 14.6 Å². The molecule has 114 valence electrons. The first-order valence-electron chi connectivity index (χ1n) is 6.58. The van der Waals surface area contributed by atoms with E-state index < -0.39 is 17.7 Å². The van der Waals surface area contributed by atoms with Crippen LogP contribution in [-0.4, -0.2) is 34.9 Å². The van der Waals surface area contributed by atoms with Gasteiger partial charge in [0.15, 0.2) is 0 Å². The van der Waals surface area contributed by atoms with Crippen LogP contribution in [0.2, 0.25) is 5.02 Å². The summed E-state index contributed by atoms with van der Waals surface area (Å²) in [5, 5.41) is 10.2. The van der Waals surface area contributed by atoms with Gasteiger partial charge in [-0.2, -0.15) is 0 Å². The molecule has 0 fully saturated rings. The molecule has 1 unspecified atom stereocenters. The average Bonchev–Trinajstić information content (AvgIpc) is 2.38. The molecule has 0 spiro atoms. The minimum atomic E-state index is -0.635. The summed E-state index contributed by atoms with van der Waals surface area (Å²) in [6.45, 7) is 5.10. The Balaban J connectivity index is 3.03. The van der Waals surface area contributed by atoms with Gasteiger partial charge >= 0.3 is 6.09 Å². The molecule has 0 aliphatic heterocycles. The lowest BCUT2D eigenvalue weighted by Gasteiger charge is -2.31. The summed E-state index contributed by atoms with van der Waals surface area (Å²) >= 11 is 5.85. The topological polar surface area (TPSA) is 49.8 Å². The van der Waals surface area contributed by atoms with Crippen LogP contribution in [0.15, 0.2) is 24.3 Å². The standard InChI is InChI=1S/C16H20ClNO3/c1-5-10-18(15(20)21-16(2,3)4)14(11-19)12-6-8-13(17)9-7-12/h1,6-9,14,19H,10-11H2,2-4H3. The van der Waals surface area contributed by atoms with Crippen LogP contribution in [-0.2, 0) is 4.74 Å². The number of rotatable bonds is 4. The molecule has 0 bridgehead atoms. The average molecular weight is 310 g/mol. The quantitative estimate of drug-likeness (QED) is 0.869. The van der Waals surface area contributed by atoms with Crippen molar-refractivity contribution in [3.8, 4) is 12.3 Å². The van der Waals surface area contributed by atoms with Crippen LogP contribution in [0.25, 0.3) is 0 Å². The highest BCUT2D eigenvalue weighted by Gasteiger charge is 2.28. The van der Waals surface area contributed by atoms with Crippen LogP contribution in [0, 0.1) is 12.3 Å². The second-order valence-corrected chi connectivity index (χ2v) is 6.00. The van der Waals surface area contributed by atoms with Crippen molar-refractivity contribution in [2.24, 2.45) is 0 Å². The molecule has 0 saturated heterocycles. The Bertz CT molecular complexity index is 514. The van der Waals surface area contributed by atoms with Gasteiger partial charge in [-0.3, -0.25) is 4.90 Å². The number of ether oxygens (including phenoxy) is 1. The number of aliphatic hydroxyl groups excluding tert-OH is 1. The Hall–Kier alpha value is -1.70. The molecular weight excluding hydrogens is 290 g/mol. The van der Waals surface area contributed by atoms with Gasteiger partial charge in [0.05, 0.1) is 19.2 Å². The third kappa shape index (κ3) is 5.30. The molecule has 21 heavy (non-hydrogen) atoms.